The molecule has 1 unspecified atom stereocenters. The summed E-state index contributed by atoms with van der Waals surface area (Å²) in [6.45, 7) is 1.54. The van der Waals surface area contributed by atoms with E-state index in [-0.39, 0.29) is 17.4 Å². The van der Waals surface area contributed by atoms with Crippen molar-refractivity contribution in [3.8, 4) is 0 Å². The van der Waals surface area contributed by atoms with Gasteiger partial charge in [0.25, 0.3) is 10.0 Å². The highest BCUT2D eigenvalue weighted by Gasteiger charge is 2.14. The largest absolute Gasteiger partial charge is 0.391 e. The van der Waals surface area contributed by atoms with E-state index in [0.717, 1.165) is 0 Å². The van der Waals surface area contributed by atoms with Gasteiger partial charge in [-0.15, -0.1) is 0 Å². The van der Waals surface area contributed by atoms with E-state index in [1.54, 1.807) is 0 Å². The van der Waals surface area contributed by atoms with Gasteiger partial charge in [-0.3, -0.25) is 0 Å². The van der Waals surface area contributed by atoms with E-state index >= 15 is 0 Å². The summed E-state index contributed by atoms with van der Waals surface area (Å²) in [6.07, 6.45) is -0.691. The number of benzene rings is 1. The van der Waals surface area contributed by atoms with Crippen molar-refractivity contribution in [1.82, 2.24) is 4.72 Å². The minimum atomic E-state index is -3.77. The molecule has 100 valence electrons. The van der Waals surface area contributed by atoms with Crippen LogP contribution in [0.3, 0.4) is 0 Å². The molecule has 18 heavy (non-hydrogen) atoms. The molecule has 0 aliphatic carbocycles. The number of nitrogens with one attached hydrogen (secondary N) is 1. The first-order valence-corrected chi connectivity index (χ1v) is 6.94. The topological polar surface area (TPSA) is 105 Å². The minimum absolute atomic E-state index is 0.0228. The van der Waals surface area contributed by atoms with Crippen molar-refractivity contribution in [2.75, 3.05) is 6.54 Å². The van der Waals surface area contributed by atoms with Gasteiger partial charge >= 0.3 is 0 Å². The molecule has 4 N–H and O–H groups in total. The number of guanidine groups is 1. The van der Waals surface area contributed by atoms with Crippen molar-refractivity contribution in [3.05, 3.63) is 29.3 Å². The smallest absolute Gasteiger partial charge is 0.264 e. The fourth-order valence-corrected chi connectivity index (χ4v) is 2.15. The molecular weight excluding hydrogens is 278 g/mol. The summed E-state index contributed by atoms with van der Waals surface area (Å²) in [5, 5.41) is 9.43. The first kappa shape index (κ1) is 14.7. The molecule has 0 aliphatic heterocycles. The van der Waals surface area contributed by atoms with E-state index in [4.69, 9.17) is 22.4 Å². The maximum Gasteiger partial charge on any atom is 0.264 e. The maximum absolute atomic E-state index is 11.8. The highest BCUT2D eigenvalue weighted by molar-refractivity contribution is 7.90. The number of aliphatic imine (C=N–C) groups is 1. The van der Waals surface area contributed by atoms with Crippen LogP contribution in [0.4, 0.5) is 0 Å². The van der Waals surface area contributed by atoms with Crippen molar-refractivity contribution in [2.45, 2.75) is 17.9 Å². The summed E-state index contributed by atoms with van der Waals surface area (Å²) in [5.41, 5.74) is 5.40. The van der Waals surface area contributed by atoms with Crippen molar-refractivity contribution in [3.63, 3.8) is 0 Å². The molecule has 1 atom stereocenters. The summed E-state index contributed by atoms with van der Waals surface area (Å²) in [5.74, 6) is -0.272. The third-order valence-corrected chi connectivity index (χ3v) is 3.51. The van der Waals surface area contributed by atoms with Gasteiger partial charge < -0.3 is 10.8 Å². The Morgan fingerprint density at radius 2 is 2.06 bits per heavy atom. The first-order valence-electron chi connectivity index (χ1n) is 5.07. The Balaban J connectivity index is 2.82. The van der Waals surface area contributed by atoms with Crippen molar-refractivity contribution in [1.29, 1.82) is 0 Å². The minimum Gasteiger partial charge on any atom is -0.391 e. The van der Waals surface area contributed by atoms with E-state index in [1.165, 1.54) is 31.2 Å². The van der Waals surface area contributed by atoms with Gasteiger partial charge in [0.2, 0.25) is 5.96 Å². The summed E-state index contributed by atoms with van der Waals surface area (Å²) < 4.78 is 25.7. The predicted molar refractivity (Wildman–Crippen MR) is 69.9 cm³/mol. The lowest BCUT2D eigenvalue weighted by Crippen LogP contribution is -2.37. The standard InChI is InChI=1S/C10H14ClN3O3S/c1-7(15)6-13-10(12)14-18(16,17)9-4-2-8(11)3-5-9/h2-5,7,15H,6H2,1H3,(H3,12,13,14). The van der Waals surface area contributed by atoms with Gasteiger partial charge in [0.05, 0.1) is 17.5 Å². The molecule has 0 radical (unpaired) electrons. The summed E-state index contributed by atoms with van der Waals surface area (Å²) in [6, 6.07) is 5.62. The third kappa shape index (κ3) is 4.52. The predicted octanol–water partition coefficient (Wildman–Crippen LogP) is 0.314. The highest BCUT2D eigenvalue weighted by atomic mass is 35.5. The molecular formula is C10H14ClN3O3S. The molecule has 0 heterocycles. The van der Waals surface area contributed by atoms with E-state index in [9.17, 15) is 8.42 Å². The SMILES string of the molecule is CC(O)CN=C(N)NS(=O)(=O)c1ccc(Cl)cc1. The summed E-state index contributed by atoms with van der Waals surface area (Å²) >= 11 is 5.66. The summed E-state index contributed by atoms with van der Waals surface area (Å²) in [4.78, 5) is 3.71. The van der Waals surface area contributed by atoms with Gasteiger partial charge in [0, 0.05) is 5.02 Å². The lowest BCUT2D eigenvalue weighted by atomic mass is 10.4. The average molecular weight is 292 g/mol. The Bertz CT molecular complexity index is 526. The normalized spacial score (nSPS) is 14.3. The Morgan fingerprint density at radius 1 is 1.50 bits per heavy atom. The molecule has 0 amide bonds. The Labute approximate surface area is 111 Å². The van der Waals surface area contributed by atoms with Gasteiger partial charge in [-0.2, -0.15) is 0 Å². The fraction of sp³-hybridized carbons (Fsp3) is 0.300. The lowest BCUT2D eigenvalue weighted by Gasteiger charge is -2.07. The van der Waals surface area contributed by atoms with E-state index in [2.05, 4.69) is 9.71 Å². The van der Waals surface area contributed by atoms with E-state index in [1.807, 2.05) is 0 Å². The Morgan fingerprint density at radius 3 is 2.56 bits per heavy atom. The average Bonchev–Trinajstić information content (AvgIpc) is 2.26. The molecule has 0 aromatic heterocycles. The fourth-order valence-electron chi connectivity index (χ4n) is 1.07. The molecule has 0 bridgehead atoms. The zero-order chi connectivity index (χ0) is 13.8. The van der Waals surface area contributed by atoms with Crippen molar-refractivity contribution >= 4 is 27.6 Å². The zero-order valence-electron chi connectivity index (χ0n) is 9.67. The lowest BCUT2D eigenvalue weighted by molar-refractivity contribution is 0.204. The van der Waals surface area contributed by atoms with Crippen LogP contribution in [-0.4, -0.2) is 32.1 Å². The molecule has 6 nitrogen and oxygen atoms in total. The molecule has 0 fully saturated rings. The van der Waals surface area contributed by atoms with Crippen LogP contribution < -0.4 is 10.5 Å². The van der Waals surface area contributed by atoms with Crippen LogP contribution in [0.5, 0.6) is 0 Å². The number of rotatable bonds is 4. The number of nitrogens with two attached hydrogens (primary N) is 1. The third-order valence-electron chi connectivity index (χ3n) is 1.89. The van der Waals surface area contributed by atoms with Gasteiger partial charge in [-0.05, 0) is 31.2 Å². The van der Waals surface area contributed by atoms with Crippen LogP contribution in [0.1, 0.15) is 6.92 Å². The molecule has 1 aromatic carbocycles. The van der Waals surface area contributed by atoms with Crippen molar-refractivity contribution < 1.29 is 13.5 Å². The quantitative estimate of drug-likeness (QED) is 0.548. The molecule has 0 saturated carbocycles. The van der Waals surface area contributed by atoms with Gasteiger partial charge in [0.15, 0.2) is 0 Å². The second-order valence-corrected chi connectivity index (χ2v) is 5.75. The number of aliphatic hydroxyl groups excluding tert-OH is 1. The number of hydrogen-bond donors (Lipinski definition) is 3. The monoisotopic (exact) mass is 291 g/mol. The second-order valence-electron chi connectivity index (χ2n) is 3.63. The molecule has 0 spiro atoms. The van der Waals surface area contributed by atoms with Crippen LogP contribution >= 0.6 is 11.6 Å². The highest BCUT2D eigenvalue weighted by Crippen LogP contribution is 2.13. The molecule has 0 saturated heterocycles. The Kier molecular flexibility index (Phi) is 4.94. The number of halogens is 1. The molecule has 1 rings (SSSR count). The van der Waals surface area contributed by atoms with Crippen LogP contribution in [-0.2, 0) is 10.0 Å². The Hall–Kier alpha value is -1.31. The van der Waals surface area contributed by atoms with Crippen molar-refractivity contribution in [2.24, 2.45) is 10.7 Å². The first-order chi connectivity index (χ1) is 8.31. The summed E-state index contributed by atoms with van der Waals surface area (Å²) in [7, 11) is -3.77. The van der Waals surface area contributed by atoms with Gasteiger partial charge in [-0.1, -0.05) is 11.6 Å². The van der Waals surface area contributed by atoms with Gasteiger partial charge in [0.1, 0.15) is 0 Å². The molecule has 1 aromatic rings. The van der Waals surface area contributed by atoms with Gasteiger partial charge in [-0.25, -0.2) is 18.1 Å². The maximum atomic E-state index is 11.8. The van der Waals surface area contributed by atoms with Crippen LogP contribution in [0.2, 0.25) is 5.02 Å². The van der Waals surface area contributed by atoms with E-state index < -0.39 is 16.1 Å². The molecule has 8 heteroatoms. The second kappa shape index (κ2) is 6.03. The zero-order valence-corrected chi connectivity index (χ0v) is 11.2. The number of sulfonamides is 1. The van der Waals surface area contributed by atoms with Crippen LogP contribution in [0, 0.1) is 0 Å². The number of aliphatic hydroxyl groups is 1. The van der Waals surface area contributed by atoms with Crippen LogP contribution in [0.25, 0.3) is 0 Å². The number of nitrogens with zero attached hydrogens (tertiary/aromatic N) is 1. The molecule has 0 aliphatic rings. The van der Waals surface area contributed by atoms with Crippen LogP contribution in [0.15, 0.2) is 34.2 Å². The van der Waals surface area contributed by atoms with E-state index in [0.29, 0.717) is 5.02 Å². The number of hydrogen-bond acceptors (Lipinski definition) is 4.